The van der Waals surface area contributed by atoms with Crippen molar-refractivity contribution in [2.24, 2.45) is 5.92 Å². The fourth-order valence-electron chi connectivity index (χ4n) is 2.66. The molecular formula is C16H18FN3O2. The maximum absolute atomic E-state index is 14.4. The molecule has 3 rings (SSSR count). The van der Waals surface area contributed by atoms with Gasteiger partial charge in [0.15, 0.2) is 5.79 Å². The summed E-state index contributed by atoms with van der Waals surface area (Å²) < 4.78 is 20.0. The number of aromatic nitrogens is 2. The first-order chi connectivity index (χ1) is 10.6. The molecule has 1 heterocycles. The van der Waals surface area contributed by atoms with Gasteiger partial charge in [0.1, 0.15) is 5.82 Å². The van der Waals surface area contributed by atoms with Crippen LogP contribution in [-0.2, 0) is 11.3 Å². The highest BCUT2D eigenvalue weighted by Gasteiger charge is 2.45. The van der Waals surface area contributed by atoms with Gasteiger partial charge in [-0.25, -0.2) is 9.18 Å². The zero-order valence-corrected chi connectivity index (χ0v) is 12.1. The summed E-state index contributed by atoms with van der Waals surface area (Å²) in [5.74, 6) is -1.06. The van der Waals surface area contributed by atoms with E-state index in [4.69, 9.17) is 4.74 Å². The van der Waals surface area contributed by atoms with E-state index >= 15 is 0 Å². The van der Waals surface area contributed by atoms with Gasteiger partial charge >= 0.3 is 5.69 Å². The van der Waals surface area contributed by atoms with E-state index in [0.29, 0.717) is 26.1 Å². The van der Waals surface area contributed by atoms with Gasteiger partial charge in [-0.05, 0) is 17.5 Å². The summed E-state index contributed by atoms with van der Waals surface area (Å²) in [5.41, 5.74) is 0.620. The SMILES string of the molecule is O=c1nc(NC2(F)CC(COCc3ccccc3)C2)cc[nH]1. The van der Waals surface area contributed by atoms with E-state index in [9.17, 15) is 9.18 Å². The highest BCUT2D eigenvalue weighted by molar-refractivity contribution is 5.35. The lowest BCUT2D eigenvalue weighted by Gasteiger charge is -2.41. The number of anilines is 1. The van der Waals surface area contributed by atoms with E-state index in [1.165, 1.54) is 6.20 Å². The number of ether oxygens (including phenoxy) is 1. The second-order valence-electron chi connectivity index (χ2n) is 5.65. The van der Waals surface area contributed by atoms with Crippen LogP contribution in [0, 0.1) is 5.92 Å². The third-order valence-electron chi connectivity index (χ3n) is 3.71. The summed E-state index contributed by atoms with van der Waals surface area (Å²) in [6.07, 6.45) is 2.16. The number of hydrogen-bond acceptors (Lipinski definition) is 4. The van der Waals surface area contributed by atoms with Gasteiger partial charge in [0.25, 0.3) is 0 Å². The summed E-state index contributed by atoms with van der Waals surface area (Å²) in [4.78, 5) is 17.1. The van der Waals surface area contributed by atoms with E-state index in [0.717, 1.165) is 5.56 Å². The van der Waals surface area contributed by atoms with Crippen LogP contribution in [0.2, 0.25) is 0 Å². The van der Waals surface area contributed by atoms with Crippen molar-refractivity contribution in [1.82, 2.24) is 9.97 Å². The minimum absolute atomic E-state index is 0.184. The summed E-state index contributed by atoms with van der Waals surface area (Å²) >= 11 is 0. The number of hydrogen-bond donors (Lipinski definition) is 2. The molecule has 0 atom stereocenters. The maximum Gasteiger partial charge on any atom is 0.346 e. The number of nitrogens with one attached hydrogen (secondary N) is 2. The topological polar surface area (TPSA) is 67.0 Å². The van der Waals surface area contributed by atoms with Crippen LogP contribution in [0.5, 0.6) is 0 Å². The lowest BCUT2D eigenvalue weighted by atomic mass is 9.78. The molecule has 0 saturated heterocycles. The standard InChI is InChI=1S/C16H18FN3O2/c17-16(20-14-6-7-18-15(21)19-14)8-13(9-16)11-22-10-12-4-2-1-3-5-12/h1-7,13H,8-11H2,(H2,18,19,20,21). The van der Waals surface area contributed by atoms with E-state index in [-0.39, 0.29) is 11.7 Å². The molecule has 0 bridgehead atoms. The molecule has 0 aliphatic heterocycles. The smallest absolute Gasteiger partial charge is 0.346 e. The van der Waals surface area contributed by atoms with Crippen LogP contribution in [0.4, 0.5) is 10.2 Å². The summed E-state index contributed by atoms with van der Waals surface area (Å²) in [6.45, 7) is 1.07. The van der Waals surface area contributed by atoms with Gasteiger partial charge in [-0.1, -0.05) is 30.3 Å². The van der Waals surface area contributed by atoms with Crippen molar-refractivity contribution in [1.29, 1.82) is 0 Å². The molecule has 1 aromatic heterocycles. The van der Waals surface area contributed by atoms with Gasteiger partial charge in [0.2, 0.25) is 0 Å². The van der Waals surface area contributed by atoms with Crippen LogP contribution in [0.1, 0.15) is 18.4 Å². The van der Waals surface area contributed by atoms with Gasteiger partial charge in [0, 0.05) is 19.0 Å². The monoisotopic (exact) mass is 303 g/mol. The van der Waals surface area contributed by atoms with Crippen LogP contribution in [0.25, 0.3) is 0 Å². The number of benzene rings is 1. The van der Waals surface area contributed by atoms with Crippen LogP contribution in [0.3, 0.4) is 0 Å². The van der Waals surface area contributed by atoms with Crippen molar-refractivity contribution in [2.75, 3.05) is 11.9 Å². The number of alkyl halides is 1. The summed E-state index contributed by atoms with van der Waals surface area (Å²) in [5, 5.41) is 2.68. The predicted octanol–water partition coefficient (Wildman–Crippen LogP) is 2.47. The predicted molar refractivity (Wildman–Crippen MR) is 81.1 cm³/mol. The molecule has 22 heavy (non-hydrogen) atoms. The Balaban J connectivity index is 1.42. The Kier molecular flexibility index (Phi) is 4.20. The van der Waals surface area contributed by atoms with Crippen molar-refractivity contribution in [3.63, 3.8) is 0 Å². The van der Waals surface area contributed by atoms with Crippen LogP contribution in [0.15, 0.2) is 47.4 Å². The van der Waals surface area contributed by atoms with E-state index < -0.39 is 11.5 Å². The van der Waals surface area contributed by atoms with Crippen molar-refractivity contribution in [3.05, 3.63) is 58.6 Å². The molecule has 1 aromatic carbocycles. The molecule has 0 amide bonds. The molecule has 2 N–H and O–H groups in total. The Hall–Kier alpha value is -2.21. The summed E-state index contributed by atoms with van der Waals surface area (Å²) in [6, 6.07) is 11.4. The van der Waals surface area contributed by atoms with Crippen molar-refractivity contribution in [3.8, 4) is 0 Å². The molecule has 0 unspecified atom stereocenters. The zero-order chi connectivity index (χ0) is 15.4. The second kappa shape index (κ2) is 6.27. The normalized spacial score (nSPS) is 23.8. The molecule has 1 saturated carbocycles. The largest absolute Gasteiger partial charge is 0.376 e. The fraction of sp³-hybridized carbons (Fsp3) is 0.375. The number of aromatic amines is 1. The lowest BCUT2D eigenvalue weighted by molar-refractivity contribution is -0.0247. The van der Waals surface area contributed by atoms with Crippen LogP contribution >= 0.6 is 0 Å². The first-order valence-corrected chi connectivity index (χ1v) is 7.27. The Labute approximate surface area is 127 Å². The third kappa shape index (κ3) is 3.71. The number of halogens is 1. The first-order valence-electron chi connectivity index (χ1n) is 7.27. The minimum atomic E-state index is -1.50. The molecule has 1 aliphatic carbocycles. The maximum atomic E-state index is 14.4. The zero-order valence-electron chi connectivity index (χ0n) is 12.1. The Morgan fingerprint density at radius 3 is 2.82 bits per heavy atom. The Morgan fingerprint density at radius 1 is 1.32 bits per heavy atom. The van der Waals surface area contributed by atoms with E-state index in [1.54, 1.807) is 6.07 Å². The Morgan fingerprint density at radius 2 is 2.09 bits per heavy atom. The first kappa shape index (κ1) is 14.7. The Bertz CT molecular complexity index is 668. The highest BCUT2D eigenvalue weighted by atomic mass is 19.1. The molecular weight excluding hydrogens is 285 g/mol. The van der Waals surface area contributed by atoms with Crippen molar-refractivity contribution >= 4 is 5.82 Å². The highest BCUT2D eigenvalue weighted by Crippen LogP contribution is 2.41. The molecule has 5 nitrogen and oxygen atoms in total. The summed E-state index contributed by atoms with van der Waals surface area (Å²) in [7, 11) is 0. The molecule has 0 radical (unpaired) electrons. The minimum Gasteiger partial charge on any atom is -0.376 e. The fourth-order valence-corrected chi connectivity index (χ4v) is 2.66. The average molecular weight is 303 g/mol. The van der Waals surface area contributed by atoms with Gasteiger partial charge in [0.05, 0.1) is 13.2 Å². The van der Waals surface area contributed by atoms with Gasteiger partial charge in [-0.3, -0.25) is 0 Å². The number of rotatable bonds is 6. The van der Waals surface area contributed by atoms with Gasteiger partial charge < -0.3 is 15.0 Å². The molecule has 0 spiro atoms. The van der Waals surface area contributed by atoms with Crippen molar-refractivity contribution in [2.45, 2.75) is 25.2 Å². The van der Waals surface area contributed by atoms with Crippen LogP contribution < -0.4 is 11.0 Å². The lowest BCUT2D eigenvalue weighted by Crippen LogP contribution is -2.48. The van der Waals surface area contributed by atoms with E-state index in [1.807, 2.05) is 30.3 Å². The van der Waals surface area contributed by atoms with Gasteiger partial charge in [-0.2, -0.15) is 4.98 Å². The van der Waals surface area contributed by atoms with Gasteiger partial charge in [-0.15, -0.1) is 0 Å². The van der Waals surface area contributed by atoms with Crippen molar-refractivity contribution < 1.29 is 9.13 Å². The number of nitrogens with zero attached hydrogens (tertiary/aromatic N) is 1. The average Bonchev–Trinajstić information content (AvgIpc) is 2.46. The van der Waals surface area contributed by atoms with Crippen LogP contribution in [-0.4, -0.2) is 22.4 Å². The molecule has 6 heteroatoms. The quantitative estimate of drug-likeness (QED) is 0.805. The second-order valence-corrected chi connectivity index (χ2v) is 5.65. The molecule has 1 fully saturated rings. The van der Waals surface area contributed by atoms with E-state index in [2.05, 4.69) is 15.3 Å². The molecule has 116 valence electrons. The molecule has 1 aliphatic rings. The third-order valence-corrected chi connectivity index (χ3v) is 3.71. The molecule has 2 aromatic rings. The number of H-pyrrole nitrogens is 1.